The van der Waals surface area contributed by atoms with E-state index in [0.29, 0.717) is 0 Å². The monoisotopic (exact) mass is 239 g/mol. The lowest BCUT2D eigenvalue weighted by Gasteiger charge is -2.04. The summed E-state index contributed by atoms with van der Waals surface area (Å²) in [6.45, 7) is 1.95. The van der Waals surface area contributed by atoms with E-state index < -0.39 is 0 Å². The molecule has 2 aromatic rings. The highest BCUT2D eigenvalue weighted by molar-refractivity contribution is 7.12. The number of hydroxylamine groups is 1. The van der Waals surface area contributed by atoms with E-state index >= 15 is 0 Å². The van der Waals surface area contributed by atoms with Crippen LogP contribution in [0, 0.1) is 0 Å². The van der Waals surface area contributed by atoms with Crippen molar-refractivity contribution in [2.45, 2.75) is 19.4 Å². The molecule has 4 heteroatoms. The van der Waals surface area contributed by atoms with Gasteiger partial charge in [0.2, 0.25) is 0 Å². The molecule has 0 aliphatic rings. The average Bonchev–Trinajstić information content (AvgIpc) is 2.88. The summed E-state index contributed by atoms with van der Waals surface area (Å²) in [5.74, 6) is 0. The average molecular weight is 239 g/mol. The van der Waals surface area contributed by atoms with E-state index in [1.165, 1.54) is 14.6 Å². The predicted octanol–water partition coefficient (Wildman–Crippen LogP) is 3.44. The number of hydrogen-bond donors (Lipinski definition) is 2. The van der Waals surface area contributed by atoms with Crippen molar-refractivity contribution in [3.05, 3.63) is 44.3 Å². The van der Waals surface area contributed by atoms with Gasteiger partial charge in [0.15, 0.2) is 0 Å². The molecule has 80 valence electrons. The maximum Gasteiger partial charge on any atom is 0.0634 e. The SMILES string of the molecule is CC(NO)c1ccc(Cc2cccs2)s1. The second-order valence-corrected chi connectivity index (χ2v) is 5.64. The van der Waals surface area contributed by atoms with Gasteiger partial charge in [-0.3, -0.25) is 0 Å². The first-order valence-corrected chi connectivity index (χ1v) is 6.50. The molecular formula is C11H13NOS2. The minimum absolute atomic E-state index is 0.0204. The van der Waals surface area contributed by atoms with Gasteiger partial charge in [0.1, 0.15) is 0 Å². The number of nitrogens with one attached hydrogen (secondary N) is 1. The Labute approximate surface area is 97.2 Å². The van der Waals surface area contributed by atoms with Crippen LogP contribution >= 0.6 is 22.7 Å². The van der Waals surface area contributed by atoms with Crippen LogP contribution < -0.4 is 5.48 Å². The van der Waals surface area contributed by atoms with Crippen LogP contribution in [0.2, 0.25) is 0 Å². The third kappa shape index (κ3) is 2.66. The highest BCUT2D eigenvalue weighted by atomic mass is 32.1. The molecule has 0 amide bonds. The normalized spacial score (nSPS) is 12.9. The van der Waals surface area contributed by atoms with Crippen LogP contribution in [0.4, 0.5) is 0 Å². The predicted molar refractivity (Wildman–Crippen MR) is 64.8 cm³/mol. The van der Waals surface area contributed by atoms with Gasteiger partial charge in [-0.1, -0.05) is 6.07 Å². The van der Waals surface area contributed by atoms with E-state index in [0.717, 1.165) is 6.42 Å². The lowest BCUT2D eigenvalue weighted by Crippen LogP contribution is -2.11. The molecule has 0 aliphatic carbocycles. The van der Waals surface area contributed by atoms with E-state index in [-0.39, 0.29) is 6.04 Å². The summed E-state index contributed by atoms with van der Waals surface area (Å²) in [7, 11) is 0. The molecule has 0 saturated heterocycles. The molecule has 1 atom stereocenters. The van der Waals surface area contributed by atoms with Crippen LogP contribution in [-0.4, -0.2) is 5.21 Å². The molecule has 0 bridgehead atoms. The molecular weight excluding hydrogens is 226 g/mol. The first-order valence-electron chi connectivity index (χ1n) is 4.80. The highest BCUT2D eigenvalue weighted by Crippen LogP contribution is 2.25. The van der Waals surface area contributed by atoms with E-state index in [4.69, 9.17) is 5.21 Å². The van der Waals surface area contributed by atoms with Crippen LogP contribution in [0.15, 0.2) is 29.6 Å². The summed E-state index contributed by atoms with van der Waals surface area (Å²) in [4.78, 5) is 3.90. The summed E-state index contributed by atoms with van der Waals surface area (Å²) >= 11 is 3.53. The Morgan fingerprint density at radius 3 is 2.87 bits per heavy atom. The van der Waals surface area contributed by atoms with E-state index in [9.17, 15) is 0 Å². The minimum atomic E-state index is 0.0204. The highest BCUT2D eigenvalue weighted by Gasteiger charge is 2.07. The zero-order chi connectivity index (χ0) is 10.7. The molecule has 2 heterocycles. The molecule has 0 aromatic carbocycles. The zero-order valence-electron chi connectivity index (χ0n) is 8.43. The van der Waals surface area contributed by atoms with Crippen LogP contribution in [0.1, 0.15) is 27.6 Å². The molecule has 0 radical (unpaired) electrons. The fourth-order valence-electron chi connectivity index (χ4n) is 1.37. The Balaban J connectivity index is 2.07. The Morgan fingerprint density at radius 2 is 2.20 bits per heavy atom. The van der Waals surface area contributed by atoms with Crippen molar-refractivity contribution in [3.63, 3.8) is 0 Å². The van der Waals surface area contributed by atoms with Crippen LogP contribution in [0.25, 0.3) is 0 Å². The maximum absolute atomic E-state index is 8.81. The smallest absolute Gasteiger partial charge is 0.0634 e. The lowest BCUT2D eigenvalue weighted by atomic mass is 10.2. The van der Waals surface area contributed by atoms with Gasteiger partial charge in [-0.25, -0.2) is 0 Å². The minimum Gasteiger partial charge on any atom is -0.316 e. The molecule has 15 heavy (non-hydrogen) atoms. The molecule has 2 nitrogen and oxygen atoms in total. The van der Waals surface area contributed by atoms with Crippen molar-refractivity contribution >= 4 is 22.7 Å². The van der Waals surface area contributed by atoms with Crippen molar-refractivity contribution in [1.82, 2.24) is 5.48 Å². The summed E-state index contributed by atoms with van der Waals surface area (Å²) in [5, 5.41) is 10.9. The fraction of sp³-hybridized carbons (Fsp3) is 0.273. The molecule has 1 unspecified atom stereocenters. The van der Waals surface area contributed by atoms with Gasteiger partial charge in [0.05, 0.1) is 6.04 Å². The summed E-state index contributed by atoms with van der Waals surface area (Å²) in [6.07, 6.45) is 1.00. The summed E-state index contributed by atoms with van der Waals surface area (Å²) in [6, 6.07) is 8.45. The molecule has 0 saturated carbocycles. The Morgan fingerprint density at radius 1 is 1.33 bits per heavy atom. The molecule has 2 rings (SSSR count). The van der Waals surface area contributed by atoms with Gasteiger partial charge < -0.3 is 5.21 Å². The third-order valence-electron chi connectivity index (χ3n) is 2.23. The van der Waals surface area contributed by atoms with E-state index in [1.807, 2.05) is 6.92 Å². The van der Waals surface area contributed by atoms with Crippen molar-refractivity contribution in [1.29, 1.82) is 0 Å². The van der Waals surface area contributed by atoms with Gasteiger partial charge >= 0.3 is 0 Å². The molecule has 2 aromatic heterocycles. The first kappa shape index (κ1) is 10.8. The topological polar surface area (TPSA) is 32.3 Å². The van der Waals surface area contributed by atoms with Gasteiger partial charge in [-0.15, -0.1) is 22.7 Å². The summed E-state index contributed by atoms with van der Waals surface area (Å²) < 4.78 is 0. The van der Waals surface area contributed by atoms with Gasteiger partial charge in [-0.05, 0) is 30.5 Å². The Hall–Kier alpha value is -0.680. The van der Waals surface area contributed by atoms with Crippen molar-refractivity contribution < 1.29 is 5.21 Å². The third-order valence-corrected chi connectivity index (χ3v) is 4.38. The molecule has 0 fully saturated rings. The fourth-order valence-corrected chi connectivity index (χ4v) is 3.22. The van der Waals surface area contributed by atoms with Crippen LogP contribution in [0.3, 0.4) is 0 Å². The van der Waals surface area contributed by atoms with Crippen LogP contribution in [-0.2, 0) is 6.42 Å². The Bertz CT molecular complexity index is 408. The first-order chi connectivity index (χ1) is 7.29. The molecule has 0 spiro atoms. The van der Waals surface area contributed by atoms with E-state index in [1.54, 1.807) is 22.7 Å². The van der Waals surface area contributed by atoms with Crippen molar-refractivity contribution in [2.24, 2.45) is 0 Å². The number of rotatable bonds is 4. The number of thiophene rings is 2. The number of hydrogen-bond acceptors (Lipinski definition) is 4. The van der Waals surface area contributed by atoms with Crippen molar-refractivity contribution in [3.8, 4) is 0 Å². The maximum atomic E-state index is 8.81. The standard InChI is InChI=1S/C11H13NOS2/c1-8(12-13)11-5-4-10(15-11)7-9-3-2-6-14-9/h2-6,8,12-13H,7H2,1H3. The zero-order valence-corrected chi connectivity index (χ0v) is 10.1. The Kier molecular flexibility index (Phi) is 3.53. The van der Waals surface area contributed by atoms with Crippen LogP contribution in [0.5, 0.6) is 0 Å². The largest absolute Gasteiger partial charge is 0.316 e. The second-order valence-electron chi connectivity index (χ2n) is 3.41. The van der Waals surface area contributed by atoms with Crippen molar-refractivity contribution in [2.75, 3.05) is 0 Å². The second kappa shape index (κ2) is 4.90. The van der Waals surface area contributed by atoms with Gasteiger partial charge in [0.25, 0.3) is 0 Å². The molecule has 0 aliphatic heterocycles. The van der Waals surface area contributed by atoms with Gasteiger partial charge in [-0.2, -0.15) is 5.48 Å². The van der Waals surface area contributed by atoms with Gasteiger partial charge in [0, 0.05) is 21.1 Å². The molecule has 2 N–H and O–H groups in total. The van der Waals surface area contributed by atoms with E-state index in [2.05, 4.69) is 35.1 Å². The summed E-state index contributed by atoms with van der Waals surface area (Å²) in [5.41, 5.74) is 2.27. The lowest BCUT2D eigenvalue weighted by molar-refractivity contribution is 0.135. The quantitative estimate of drug-likeness (QED) is 0.801.